The number of hydrogen-bond donors (Lipinski definition) is 3. The van der Waals surface area contributed by atoms with E-state index in [0.29, 0.717) is 22.3 Å². The van der Waals surface area contributed by atoms with E-state index in [4.69, 9.17) is 0 Å². The second-order valence-corrected chi connectivity index (χ2v) is 7.65. The van der Waals surface area contributed by atoms with Gasteiger partial charge >= 0.3 is 5.97 Å². The molecule has 0 unspecified atom stereocenters. The molecule has 198 valence electrons. The fraction of sp³-hybridized carbons (Fsp3) is 0.219. The Balaban J connectivity index is 0.000000749. The average Bonchev–Trinajstić information content (AvgIpc) is 2.93. The molecule has 0 radical (unpaired) electrons. The molecule has 5 nitrogen and oxygen atoms in total. The number of benzene rings is 4. The number of aliphatic hydroxyl groups is 3. The molecule has 0 aromatic heterocycles. The molecule has 0 aliphatic heterocycles. The van der Waals surface area contributed by atoms with Crippen LogP contribution in [-0.4, -0.2) is 28.4 Å². The predicted octanol–water partition coefficient (Wildman–Crippen LogP) is 6.46. The van der Waals surface area contributed by atoms with Crippen LogP contribution in [0, 0.1) is 0 Å². The highest BCUT2D eigenvalue weighted by Crippen LogP contribution is 2.40. The molecule has 0 amide bonds. The molecule has 4 rings (SSSR count). The van der Waals surface area contributed by atoms with Crippen molar-refractivity contribution in [3.8, 4) is 0 Å². The zero-order chi connectivity index (χ0) is 24.4. The highest BCUT2D eigenvalue weighted by atomic mass is 16.5. The number of ether oxygens (including phenoxy) is 1. The highest BCUT2D eigenvalue weighted by molar-refractivity contribution is 5.75. The van der Waals surface area contributed by atoms with E-state index in [2.05, 4.69) is 4.74 Å². The number of carbonyl (C=O) groups is 1. The first-order valence-corrected chi connectivity index (χ1v) is 10.9. The number of methoxy groups -OCH3 is 1. The maximum Gasteiger partial charge on any atom is 0.339 e. The summed E-state index contributed by atoms with van der Waals surface area (Å²) < 4.78 is 4.38. The van der Waals surface area contributed by atoms with Gasteiger partial charge in [-0.1, -0.05) is 144 Å². The maximum absolute atomic E-state index is 11.4. The normalized spacial score (nSPS) is 11.6. The molecular formula is C32H40O5. The first kappa shape index (κ1) is 33.2. The maximum atomic E-state index is 11.4. The number of esters is 1. The summed E-state index contributed by atoms with van der Waals surface area (Å²) in [6.07, 6.45) is -2.23. The van der Waals surface area contributed by atoms with Gasteiger partial charge in [0.25, 0.3) is 0 Å². The van der Waals surface area contributed by atoms with E-state index in [1.165, 1.54) is 7.11 Å². The molecule has 0 aliphatic rings. The first-order valence-electron chi connectivity index (χ1n) is 10.9. The number of rotatable bonds is 6. The van der Waals surface area contributed by atoms with Gasteiger partial charge in [-0.3, -0.25) is 0 Å². The molecule has 0 fully saturated rings. The van der Waals surface area contributed by atoms with E-state index in [9.17, 15) is 20.1 Å². The zero-order valence-electron chi connectivity index (χ0n) is 18.9. The van der Waals surface area contributed by atoms with Crippen molar-refractivity contribution in [2.45, 2.75) is 40.1 Å². The summed E-state index contributed by atoms with van der Waals surface area (Å²) in [6.45, 7) is 0. The van der Waals surface area contributed by atoms with E-state index in [-0.39, 0.29) is 22.3 Å². The van der Waals surface area contributed by atoms with Crippen LogP contribution in [0.2, 0.25) is 0 Å². The summed E-state index contributed by atoms with van der Waals surface area (Å²) in [5.41, 5.74) is 1.06. The van der Waals surface area contributed by atoms with Crippen LogP contribution >= 0.6 is 0 Å². The lowest BCUT2D eigenvalue weighted by Crippen LogP contribution is -2.35. The van der Waals surface area contributed by atoms with Gasteiger partial charge in [0.05, 0.1) is 7.11 Å². The van der Waals surface area contributed by atoms with Crippen LogP contribution in [0.5, 0.6) is 0 Å². The quantitative estimate of drug-likeness (QED) is 0.262. The molecule has 4 aromatic carbocycles. The summed E-state index contributed by atoms with van der Waals surface area (Å²) in [6, 6.07) is 36.5. The Hall–Kier alpha value is -3.77. The van der Waals surface area contributed by atoms with Crippen LogP contribution in [0.4, 0.5) is 0 Å². The van der Waals surface area contributed by atoms with Gasteiger partial charge in [-0.15, -0.1) is 0 Å². The van der Waals surface area contributed by atoms with Crippen molar-refractivity contribution in [2.75, 3.05) is 7.11 Å². The SMILES string of the molecule is C.C.C.COC(=O)[C@@H](O)c1ccccc1.O[C@H](c1ccccc1)C(O)(c1ccccc1)c1ccccc1. The third-order valence-electron chi connectivity index (χ3n) is 5.48. The Bertz CT molecular complexity index is 1090. The first-order chi connectivity index (χ1) is 16.5. The second kappa shape index (κ2) is 16.1. The van der Waals surface area contributed by atoms with Gasteiger partial charge < -0.3 is 20.1 Å². The Morgan fingerprint density at radius 2 is 0.946 bits per heavy atom. The van der Waals surface area contributed by atoms with E-state index >= 15 is 0 Å². The molecule has 37 heavy (non-hydrogen) atoms. The Kier molecular flexibility index (Phi) is 14.4. The van der Waals surface area contributed by atoms with Crippen molar-refractivity contribution in [1.82, 2.24) is 0 Å². The molecular weight excluding hydrogens is 464 g/mol. The monoisotopic (exact) mass is 504 g/mol. The van der Waals surface area contributed by atoms with Crippen molar-refractivity contribution >= 4 is 5.97 Å². The summed E-state index contributed by atoms with van der Waals surface area (Å²) in [5.74, 6) is -0.638. The van der Waals surface area contributed by atoms with E-state index < -0.39 is 23.8 Å². The Morgan fingerprint density at radius 3 is 1.30 bits per heavy atom. The van der Waals surface area contributed by atoms with Crippen LogP contribution in [-0.2, 0) is 15.1 Å². The van der Waals surface area contributed by atoms with Gasteiger partial charge in [-0.2, -0.15) is 0 Å². The summed E-state index contributed by atoms with van der Waals surface area (Å²) in [4.78, 5) is 10.8. The smallest absolute Gasteiger partial charge is 0.339 e. The van der Waals surface area contributed by atoms with Crippen molar-refractivity contribution in [3.63, 3.8) is 0 Å². The zero-order valence-corrected chi connectivity index (χ0v) is 18.9. The molecule has 0 bridgehead atoms. The molecule has 0 heterocycles. The average molecular weight is 505 g/mol. The van der Waals surface area contributed by atoms with Crippen LogP contribution in [0.1, 0.15) is 56.7 Å². The molecule has 4 aromatic rings. The summed E-state index contributed by atoms with van der Waals surface area (Å²) in [7, 11) is 1.24. The van der Waals surface area contributed by atoms with Crippen molar-refractivity contribution in [1.29, 1.82) is 0 Å². The lowest BCUT2D eigenvalue weighted by molar-refractivity contribution is -0.150. The third kappa shape index (κ3) is 8.12. The topological polar surface area (TPSA) is 87.0 Å². The van der Waals surface area contributed by atoms with E-state index in [1.807, 2.05) is 97.1 Å². The van der Waals surface area contributed by atoms with E-state index in [0.717, 1.165) is 0 Å². The fourth-order valence-electron chi connectivity index (χ4n) is 3.63. The van der Waals surface area contributed by atoms with Gasteiger partial charge in [0.2, 0.25) is 0 Å². The van der Waals surface area contributed by atoms with Crippen molar-refractivity contribution in [2.24, 2.45) is 0 Å². The largest absolute Gasteiger partial charge is 0.467 e. The number of aliphatic hydroxyl groups excluding tert-OH is 2. The molecule has 0 spiro atoms. The van der Waals surface area contributed by atoms with Crippen molar-refractivity contribution < 1.29 is 24.9 Å². The fourth-order valence-corrected chi connectivity index (χ4v) is 3.63. The minimum atomic E-state index is -1.50. The van der Waals surface area contributed by atoms with Gasteiger partial charge in [0.1, 0.15) is 11.7 Å². The molecule has 3 N–H and O–H groups in total. The molecule has 0 saturated heterocycles. The van der Waals surface area contributed by atoms with Crippen LogP contribution in [0.15, 0.2) is 121 Å². The van der Waals surface area contributed by atoms with Gasteiger partial charge in [0, 0.05) is 0 Å². The lowest BCUT2D eigenvalue weighted by atomic mass is 9.79. The highest BCUT2D eigenvalue weighted by Gasteiger charge is 2.40. The second-order valence-electron chi connectivity index (χ2n) is 7.65. The summed E-state index contributed by atoms with van der Waals surface area (Å²) in [5, 5.41) is 31.6. The van der Waals surface area contributed by atoms with E-state index in [1.54, 1.807) is 24.3 Å². The van der Waals surface area contributed by atoms with Crippen LogP contribution in [0.3, 0.4) is 0 Å². The van der Waals surface area contributed by atoms with Crippen molar-refractivity contribution in [3.05, 3.63) is 144 Å². The van der Waals surface area contributed by atoms with Gasteiger partial charge in [-0.05, 0) is 22.3 Å². The Labute approximate surface area is 221 Å². The minimum absolute atomic E-state index is 0. The van der Waals surface area contributed by atoms with Gasteiger partial charge in [0.15, 0.2) is 6.10 Å². The molecule has 0 saturated carbocycles. The molecule has 0 aliphatic carbocycles. The third-order valence-corrected chi connectivity index (χ3v) is 5.48. The number of carbonyl (C=O) groups excluding carboxylic acids is 1. The number of hydrogen-bond acceptors (Lipinski definition) is 5. The summed E-state index contributed by atoms with van der Waals surface area (Å²) >= 11 is 0. The standard InChI is InChI=1S/C20H18O2.C9H10O3.3CH4/c21-19(16-10-4-1-5-11-16)20(22,17-12-6-2-7-13-17)18-14-8-3-9-15-18;1-12-9(11)8(10)7-5-3-2-4-6-7;;;/h1-15,19,21-22H;2-6,8,10H,1H3;3*1H4/t19-;8-;;;/m10.../s1. The predicted molar refractivity (Wildman–Crippen MR) is 151 cm³/mol. The molecule has 2 atom stereocenters. The van der Waals surface area contributed by atoms with Crippen LogP contribution < -0.4 is 0 Å². The van der Waals surface area contributed by atoms with Crippen LogP contribution in [0.25, 0.3) is 0 Å². The lowest BCUT2D eigenvalue weighted by Gasteiger charge is -2.34. The Morgan fingerprint density at radius 1 is 0.622 bits per heavy atom. The van der Waals surface area contributed by atoms with Gasteiger partial charge in [-0.25, -0.2) is 4.79 Å². The minimum Gasteiger partial charge on any atom is -0.467 e. The molecule has 5 heteroatoms.